The average molecular weight is 303 g/mol. The van der Waals surface area contributed by atoms with Gasteiger partial charge in [0.2, 0.25) is 0 Å². The molecule has 0 saturated heterocycles. The highest BCUT2D eigenvalue weighted by atomic mass is 32.2. The van der Waals surface area contributed by atoms with Gasteiger partial charge in [0.05, 0.1) is 11.0 Å². The Hall–Kier alpha value is -1.81. The molecule has 0 aliphatic rings. The van der Waals surface area contributed by atoms with Crippen LogP contribution >= 0.6 is 0 Å². The first-order valence-corrected chi connectivity index (χ1v) is 8.82. The minimum absolute atomic E-state index is 0.147. The number of sulfone groups is 1. The van der Waals surface area contributed by atoms with Crippen molar-refractivity contribution in [3.05, 3.63) is 54.6 Å². The number of para-hydroxylation sites is 1. The van der Waals surface area contributed by atoms with Gasteiger partial charge in [-0.15, -0.1) is 0 Å². The summed E-state index contributed by atoms with van der Waals surface area (Å²) in [5, 5.41) is 2.91. The molecule has 0 aliphatic carbocycles. The molecule has 0 aliphatic heterocycles. The summed E-state index contributed by atoms with van der Waals surface area (Å²) in [6, 6.07) is 18.0. The van der Waals surface area contributed by atoms with Crippen molar-refractivity contribution < 1.29 is 8.42 Å². The van der Waals surface area contributed by atoms with Gasteiger partial charge in [0.25, 0.3) is 0 Å². The number of hydrogen-bond donors (Lipinski definition) is 1. The first-order chi connectivity index (χ1) is 10.0. The molecule has 2 aromatic rings. The van der Waals surface area contributed by atoms with Crippen LogP contribution in [0.3, 0.4) is 0 Å². The maximum Gasteiger partial charge on any atom is 0.154 e. The van der Waals surface area contributed by atoms with Crippen molar-refractivity contribution in [2.45, 2.75) is 19.1 Å². The van der Waals surface area contributed by atoms with Gasteiger partial charge >= 0.3 is 0 Å². The molecule has 0 bridgehead atoms. The van der Waals surface area contributed by atoms with E-state index in [2.05, 4.69) is 5.32 Å². The second-order valence-corrected chi connectivity index (χ2v) is 7.93. The maximum absolute atomic E-state index is 11.8. The minimum atomic E-state index is -3.01. The van der Waals surface area contributed by atoms with E-state index in [9.17, 15) is 8.42 Å². The molecule has 1 N–H and O–H groups in total. The van der Waals surface area contributed by atoms with Gasteiger partial charge in [-0.05, 0) is 25.5 Å². The zero-order valence-corrected chi connectivity index (χ0v) is 13.2. The van der Waals surface area contributed by atoms with Crippen molar-refractivity contribution in [3.8, 4) is 11.1 Å². The molecular formula is C17H21NO2S. The van der Waals surface area contributed by atoms with Gasteiger partial charge in [-0.3, -0.25) is 0 Å². The van der Waals surface area contributed by atoms with E-state index in [1.165, 1.54) is 0 Å². The predicted octanol–water partition coefficient (Wildman–Crippen LogP) is 3.59. The van der Waals surface area contributed by atoms with Crippen LogP contribution in [0.1, 0.15) is 13.8 Å². The Bertz CT molecular complexity index is 679. The molecule has 2 rings (SSSR count). The maximum atomic E-state index is 11.8. The van der Waals surface area contributed by atoms with E-state index < -0.39 is 9.84 Å². The molecule has 2 aromatic carbocycles. The van der Waals surface area contributed by atoms with E-state index in [-0.39, 0.29) is 11.0 Å². The summed E-state index contributed by atoms with van der Waals surface area (Å²) in [7, 11) is -3.01. The highest BCUT2D eigenvalue weighted by Gasteiger charge is 2.15. The average Bonchev–Trinajstić information content (AvgIpc) is 2.48. The SMILES string of the molecule is CC(C)S(=O)(=O)CCNc1ccccc1-c1ccccc1. The van der Waals surface area contributed by atoms with Crippen molar-refractivity contribution in [1.29, 1.82) is 0 Å². The molecule has 21 heavy (non-hydrogen) atoms. The Kier molecular flexibility index (Phi) is 5.02. The van der Waals surface area contributed by atoms with E-state index in [1.807, 2.05) is 54.6 Å². The van der Waals surface area contributed by atoms with Gasteiger partial charge in [0.1, 0.15) is 0 Å². The van der Waals surface area contributed by atoms with Crippen molar-refractivity contribution in [2.24, 2.45) is 0 Å². The normalized spacial score (nSPS) is 11.6. The van der Waals surface area contributed by atoms with Crippen molar-refractivity contribution in [2.75, 3.05) is 17.6 Å². The predicted molar refractivity (Wildman–Crippen MR) is 89.3 cm³/mol. The van der Waals surface area contributed by atoms with E-state index in [1.54, 1.807) is 13.8 Å². The van der Waals surface area contributed by atoms with Crippen molar-refractivity contribution >= 4 is 15.5 Å². The van der Waals surface area contributed by atoms with Gasteiger partial charge in [0.15, 0.2) is 9.84 Å². The van der Waals surface area contributed by atoms with Gasteiger partial charge in [-0.2, -0.15) is 0 Å². The van der Waals surface area contributed by atoms with E-state index >= 15 is 0 Å². The Morgan fingerprint density at radius 2 is 1.57 bits per heavy atom. The highest BCUT2D eigenvalue weighted by molar-refractivity contribution is 7.92. The van der Waals surface area contributed by atoms with Gasteiger partial charge < -0.3 is 5.32 Å². The minimum Gasteiger partial charge on any atom is -0.384 e. The molecule has 0 heterocycles. The van der Waals surface area contributed by atoms with Crippen LogP contribution < -0.4 is 5.32 Å². The number of nitrogens with one attached hydrogen (secondary N) is 1. The number of hydrogen-bond acceptors (Lipinski definition) is 3. The largest absolute Gasteiger partial charge is 0.384 e. The second kappa shape index (κ2) is 6.76. The third-order valence-electron chi connectivity index (χ3n) is 3.43. The van der Waals surface area contributed by atoms with Crippen LogP contribution in [-0.2, 0) is 9.84 Å². The number of benzene rings is 2. The molecule has 0 radical (unpaired) electrons. The molecule has 0 saturated carbocycles. The van der Waals surface area contributed by atoms with Crippen LogP contribution in [0.5, 0.6) is 0 Å². The van der Waals surface area contributed by atoms with Gasteiger partial charge in [0, 0.05) is 17.8 Å². The number of anilines is 1. The van der Waals surface area contributed by atoms with E-state index in [0.717, 1.165) is 16.8 Å². The van der Waals surface area contributed by atoms with Gasteiger partial charge in [-0.25, -0.2) is 8.42 Å². The van der Waals surface area contributed by atoms with Crippen molar-refractivity contribution in [3.63, 3.8) is 0 Å². The summed E-state index contributed by atoms with van der Waals surface area (Å²) >= 11 is 0. The van der Waals surface area contributed by atoms with Crippen LogP contribution in [0.15, 0.2) is 54.6 Å². The first kappa shape index (κ1) is 15.6. The zero-order chi connectivity index (χ0) is 15.3. The molecule has 112 valence electrons. The molecule has 0 fully saturated rings. The van der Waals surface area contributed by atoms with E-state index in [4.69, 9.17) is 0 Å². The first-order valence-electron chi connectivity index (χ1n) is 7.10. The lowest BCUT2D eigenvalue weighted by molar-refractivity contribution is 0.588. The third kappa shape index (κ3) is 4.08. The lowest BCUT2D eigenvalue weighted by Crippen LogP contribution is -2.23. The van der Waals surface area contributed by atoms with Crippen LogP contribution in [0, 0.1) is 0 Å². The summed E-state index contributed by atoms with van der Waals surface area (Å²) in [6.07, 6.45) is 0. The standard InChI is InChI=1S/C17H21NO2S/c1-14(2)21(19,20)13-12-18-17-11-7-6-10-16(17)15-8-4-3-5-9-15/h3-11,14,18H,12-13H2,1-2H3. The molecule has 0 unspecified atom stereocenters. The Balaban J connectivity index is 2.12. The molecule has 3 nitrogen and oxygen atoms in total. The molecule has 4 heteroatoms. The highest BCUT2D eigenvalue weighted by Crippen LogP contribution is 2.27. The summed E-state index contributed by atoms with van der Waals surface area (Å²) in [5.74, 6) is 0.147. The molecular weight excluding hydrogens is 282 g/mol. The Morgan fingerprint density at radius 3 is 2.24 bits per heavy atom. The zero-order valence-electron chi connectivity index (χ0n) is 12.4. The topological polar surface area (TPSA) is 46.2 Å². The monoisotopic (exact) mass is 303 g/mol. The van der Waals surface area contributed by atoms with Crippen LogP contribution in [-0.4, -0.2) is 26.0 Å². The summed E-state index contributed by atoms with van der Waals surface area (Å²) in [6.45, 7) is 3.85. The van der Waals surface area contributed by atoms with Crippen LogP contribution in [0.2, 0.25) is 0 Å². The fourth-order valence-corrected chi connectivity index (χ4v) is 2.93. The molecule has 0 amide bonds. The summed E-state index contributed by atoms with van der Waals surface area (Å²) in [4.78, 5) is 0. The van der Waals surface area contributed by atoms with E-state index in [0.29, 0.717) is 6.54 Å². The molecule has 0 spiro atoms. The fraction of sp³-hybridized carbons (Fsp3) is 0.294. The second-order valence-electron chi connectivity index (χ2n) is 5.25. The van der Waals surface area contributed by atoms with Crippen LogP contribution in [0.25, 0.3) is 11.1 Å². The fourth-order valence-electron chi connectivity index (χ4n) is 2.07. The molecule has 0 atom stereocenters. The van der Waals surface area contributed by atoms with Crippen molar-refractivity contribution in [1.82, 2.24) is 0 Å². The lowest BCUT2D eigenvalue weighted by atomic mass is 10.0. The summed E-state index contributed by atoms with van der Waals surface area (Å²) in [5.41, 5.74) is 3.16. The summed E-state index contributed by atoms with van der Waals surface area (Å²) < 4.78 is 23.7. The quantitative estimate of drug-likeness (QED) is 0.887. The lowest BCUT2D eigenvalue weighted by Gasteiger charge is -2.13. The Labute approximate surface area is 126 Å². The van der Waals surface area contributed by atoms with Gasteiger partial charge in [-0.1, -0.05) is 48.5 Å². The van der Waals surface area contributed by atoms with Crippen LogP contribution in [0.4, 0.5) is 5.69 Å². The number of rotatable bonds is 6. The Morgan fingerprint density at radius 1 is 0.952 bits per heavy atom. The smallest absolute Gasteiger partial charge is 0.154 e. The molecule has 0 aromatic heterocycles. The third-order valence-corrected chi connectivity index (χ3v) is 5.64.